The molecule has 0 radical (unpaired) electrons. The standard InChI is InChI=1S/C15H22N2O3/c16-10-15(5-8-19-9-6-15)14(18)17-12-2-1-3-13-11(12)4-7-20-13/h4,7,12H,1-3,5-6,8-10,16H2,(H,17,18). The van der Waals surface area contributed by atoms with Crippen molar-refractivity contribution in [1.29, 1.82) is 0 Å². The largest absolute Gasteiger partial charge is 0.469 e. The summed E-state index contributed by atoms with van der Waals surface area (Å²) in [4.78, 5) is 12.7. The molecule has 1 aromatic rings. The van der Waals surface area contributed by atoms with Gasteiger partial charge in [0.15, 0.2) is 0 Å². The van der Waals surface area contributed by atoms with Gasteiger partial charge in [-0.25, -0.2) is 0 Å². The lowest BCUT2D eigenvalue weighted by atomic mass is 9.78. The minimum atomic E-state index is -0.459. The number of carbonyl (C=O) groups is 1. The molecule has 1 amide bonds. The van der Waals surface area contributed by atoms with E-state index >= 15 is 0 Å². The third-order valence-electron chi connectivity index (χ3n) is 4.68. The van der Waals surface area contributed by atoms with Crippen molar-refractivity contribution in [2.75, 3.05) is 19.8 Å². The number of rotatable bonds is 3. The Balaban J connectivity index is 1.73. The van der Waals surface area contributed by atoms with Crippen molar-refractivity contribution in [3.05, 3.63) is 23.7 Å². The quantitative estimate of drug-likeness (QED) is 0.879. The number of aryl methyl sites for hydroxylation is 1. The van der Waals surface area contributed by atoms with Gasteiger partial charge in [-0.2, -0.15) is 0 Å². The van der Waals surface area contributed by atoms with Crippen LogP contribution in [0.4, 0.5) is 0 Å². The molecule has 0 saturated carbocycles. The van der Waals surface area contributed by atoms with Crippen LogP contribution in [0.5, 0.6) is 0 Å². The fraction of sp³-hybridized carbons (Fsp3) is 0.667. The maximum Gasteiger partial charge on any atom is 0.228 e. The first-order valence-electron chi connectivity index (χ1n) is 7.40. The van der Waals surface area contributed by atoms with E-state index in [2.05, 4.69) is 5.32 Å². The Hall–Kier alpha value is -1.33. The third kappa shape index (κ3) is 2.36. The van der Waals surface area contributed by atoms with E-state index in [1.165, 1.54) is 0 Å². The van der Waals surface area contributed by atoms with Crippen molar-refractivity contribution in [2.45, 2.75) is 38.1 Å². The molecule has 110 valence electrons. The molecule has 1 aromatic heterocycles. The summed E-state index contributed by atoms with van der Waals surface area (Å²) in [7, 11) is 0. The number of furan rings is 1. The molecular weight excluding hydrogens is 256 g/mol. The maximum absolute atomic E-state index is 12.7. The molecule has 1 unspecified atom stereocenters. The monoisotopic (exact) mass is 278 g/mol. The molecule has 0 aromatic carbocycles. The van der Waals surface area contributed by atoms with Crippen molar-refractivity contribution in [1.82, 2.24) is 5.32 Å². The van der Waals surface area contributed by atoms with E-state index in [0.717, 1.165) is 30.6 Å². The Bertz CT molecular complexity index is 477. The zero-order valence-electron chi connectivity index (χ0n) is 11.7. The molecule has 3 rings (SSSR count). The van der Waals surface area contributed by atoms with Gasteiger partial charge in [0.1, 0.15) is 5.76 Å². The molecule has 1 fully saturated rings. The number of hydrogen-bond acceptors (Lipinski definition) is 4. The molecule has 5 nitrogen and oxygen atoms in total. The second-order valence-electron chi connectivity index (χ2n) is 5.81. The van der Waals surface area contributed by atoms with Crippen molar-refractivity contribution in [2.24, 2.45) is 11.1 Å². The van der Waals surface area contributed by atoms with Crippen LogP contribution in [0.25, 0.3) is 0 Å². The first-order valence-corrected chi connectivity index (χ1v) is 7.40. The van der Waals surface area contributed by atoms with E-state index in [9.17, 15) is 4.79 Å². The van der Waals surface area contributed by atoms with Crippen molar-refractivity contribution in [3.63, 3.8) is 0 Å². The van der Waals surface area contributed by atoms with Crippen molar-refractivity contribution < 1.29 is 13.9 Å². The van der Waals surface area contributed by atoms with Gasteiger partial charge in [0.25, 0.3) is 0 Å². The number of ether oxygens (including phenoxy) is 1. The van der Waals surface area contributed by atoms with Crippen LogP contribution in [0.15, 0.2) is 16.7 Å². The van der Waals surface area contributed by atoms with Crippen LogP contribution in [0.3, 0.4) is 0 Å². The fourth-order valence-corrected chi connectivity index (χ4v) is 3.23. The predicted octanol–water partition coefficient (Wildman–Crippen LogP) is 1.53. The second-order valence-corrected chi connectivity index (χ2v) is 5.81. The van der Waals surface area contributed by atoms with E-state index in [1.807, 2.05) is 6.07 Å². The molecule has 2 heterocycles. The Kier molecular flexibility index (Phi) is 3.81. The number of carbonyl (C=O) groups excluding carboxylic acids is 1. The summed E-state index contributed by atoms with van der Waals surface area (Å²) in [5.74, 6) is 1.08. The van der Waals surface area contributed by atoms with E-state index in [-0.39, 0.29) is 11.9 Å². The first kappa shape index (κ1) is 13.6. The highest BCUT2D eigenvalue weighted by molar-refractivity contribution is 5.83. The molecule has 20 heavy (non-hydrogen) atoms. The summed E-state index contributed by atoms with van der Waals surface area (Å²) in [6.45, 7) is 1.62. The normalized spacial score (nSPS) is 24.9. The topological polar surface area (TPSA) is 77.5 Å². The molecule has 0 spiro atoms. The van der Waals surface area contributed by atoms with Gasteiger partial charge in [-0.05, 0) is 31.7 Å². The summed E-state index contributed by atoms with van der Waals surface area (Å²) in [6, 6.07) is 2.04. The van der Waals surface area contributed by atoms with Crippen LogP contribution in [0.2, 0.25) is 0 Å². The number of hydrogen-bond donors (Lipinski definition) is 2. The van der Waals surface area contributed by atoms with Gasteiger partial charge in [0.2, 0.25) is 5.91 Å². The number of fused-ring (bicyclic) bond motifs is 1. The highest BCUT2D eigenvalue weighted by Crippen LogP contribution is 2.34. The minimum Gasteiger partial charge on any atom is -0.469 e. The van der Waals surface area contributed by atoms with Gasteiger partial charge in [-0.15, -0.1) is 0 Å². The smallest absolute Gasteiger partial charge is 0.228 e. The van der Waals surface area contributed by atoms with Crippen LogP contribution in [-0.4, -0.2) is 25.7 Å². The number of nitrogens with two attached hydrogens (primary N) is 1. The molecule has 3 N–H and O–H groups in total. The highest BCUT2D eigenvalue weighted by Gasteiger charge is 2.40. The van der Waals surface area contributed by atoms with Crippen LogP contribution in [0, 0.1) is 5.41 Å². The van der Waals surface area contributed by atoms with E-state index in [1.54, 1.807) is 6.26 Å². The van der Waals surface area contributed by atoms with Crippen LogP contribution >= 0.6 is 0 Å². The predicted molar refractivity (Wildman–Crippen MR) is 74.1 cm³/mol. The van der Waals surface area contributed by atoms with Gasteiger partial charge in [-0.3, -0.25) is 4.79 Å². The van der Waals surface area contributed by atoms with Crippen LogP contribution < -0.4 is 11.1 Å². The number of nitrogens with one attached hydrogen (secondary N) is 1. The third-order valence-corrected chi connectivity index (χ3v) is 4.68. The minimum absolute atomic E-state index is 0.0660. The van der Waals surface area contributed by atoms with Crippen molar-refractivity contribution >= 4 is 5.91 Å². The van der Waals surface area contributed by atoms with Gasteiger partial charge in [-0.1, -0.05) is 0 Å². The molecule has 0 bridgehead atoms. The average molecular weight is 278 g/mol. The van der Waals surface area contributed by atoms with Gasteiger partial charge >= 0.3 is 0 Å². The Labute approximate surface area is 118 Å². The zero-order valence-corrected chi connectivity index (χ0v) is 11.7. The number of amides is 1. The van der Waals surface area contributed by atoms with Gasteiger partial charge < -0.3 is 20.2 Å². The lowest BCUT2D eigenvalue weighted by Crippen LogP contribution is -2.50. The van der Waals surface area contributed by atoms with E-state index in [0.29, 0.717) is 32.6 Å². The van der Waals surface area contributed by atoms with Crippen molar-refractivity contribution in [3.8, 4) is 0 Å². The highest BCUT2D eigenvalue weighted by atomic mass is 16.5. The Morgan fingerprint density at radius 3 is 3.00 bits per heavy atom. The lowest BCUT2D eigenvalue weighted by Gasteiger charge is -2.36. The average Bonchev–Trinajstić information content (AvgIpc) is 2.97. The summed E-state index contributed by atoms with van der Waals surface area (Å²) in [5, 5.41) is 3.19. The molecular formula is C15H22N2O3. The van der Waals surface area contributed by atoms with Crippen LogP contribution in [0.1, 0.15) is 43.0 Å². The van der Waals surface area contributed by atoms with E-state index in [4.69, 9.17) is 14.9 Å². The summed E-state index contributed by atoms with van der Waals surface area (Å²) >= 11 is 0. The molecule has 5 heteroatoms. The molecule has 1 aliphatic heterocycles. The first-order chi connectivity index (χ1) is 9.75. The lowest BCUT2D eigenvalue weighted by molar-refractivity contribution is -0.136. The van der Waals surface area contributed by atoms with Crippen LogP contribution in [-0.2, 0) is 16.0 Å². The second kappa shape index (κ2) is 5.58. The Morgan fingerprint density at radius 2 is 2.25 bits per heavy atom. The molecule has 1 atom stereocenters. The maximum atomic E-state index is 12.7. The fourth-order valence-electron chi connectivity index (χ4n) is 3.23. The molecule has 1 aliphatic carbocycles. The van der Waals surface area contributed by atoms with E-state index < -0.39 is 5.41 Å². The van der Waals surface area contributed by atoms with Gasteiger partial charge in [0.05, 0.1) is 17.7 Å². The molecule has 1 saturated heterocycles. The summed E-state index contributed by atoms with van der Waals surface area (Å²) in [6.07, 6.45) is 6.10. The molecule has 2 aliphatic rings. The van der Waals surface area contributed by atoms with Gasteiger partial charge in [0, 0.05) is 31.7 Å². The zero-order chi connectivity index (χ0) is 14.0. The SMILES string of the molecule is NCC1(C(=O)NC2CCCc3occc32)CCOCC1. The Morgan fingerprint density at radius 1 is 1.45 bits per heavy atom. The summed E-state index contributed by atoms with van der Waals surface area (Å²) in [5.41, 5.74) is 6.55. The summed E-state index contributed by atoms with van der Waals surface area (Å²) < 4.78 is 10.8.